The number of hydrogen-bond donors (Lipinski definition) is 0. The van der Waals surface area contributed by atoms with Crippen LogP contribution in [-0.4, -0.2) is 31.1 Å². The van der Waals surface area contributed by atoms with Gasteiger partial charge in [-0.25, -0.2) is 0 Å². The smallest absolute Gasteiger partial charge is 0.325 e. The van der Waals surface area contributed by atoms with E-state index in [2.05, 4.69) is 6.92 Å². The molecule has 0 aliphatic carbocycles. The van der Waals surface area contributed by atoms with Crippen molar-refractivity contribution in [2.24, 2.45) is 0 Å². The number of rotatable bonds is 13. The van der Waals surface area contributed by atoms with Gasteiger partial charge in [0.05, 0.1) is 6.61 Å². The largest absolute Gasteiger partial charge is 0.464 e. The predicted octanol–water partition coefficient (Wildman–Crippen LogP) is 4.09. The van der Waals surface area contributed by atoms with Gasteiger partial charge in [0.2, 0.25) is 0 Å². The summed E-state index contributed by atoms with van der Waals surface area (Å²) in [6, 6.07) is 3.53. The first kappa shape index (κ1) is 21.7. The molecule has 5 nitrogen and oxygen atoms in total. The number of nitrogens with zero attached hydrogens (tertiary/aromatic N) is 3. The van der Waals surface area contributed by atoms with E-state index >= 15 is 0 Å². The van der Waals surface area contributed by atoms with Crippen LogP contribution in [-0.2, 0) is 9.53 Å². The van der Waals surface area contributed by atoms with Gasteiger partial charge in [-0.1, -0.05) is 51.9 Å². The molecule has 0 saturated carbocycles. The van der Waals surface area contributed by atoms with Crippen LogP contribution in [0.3, 0.4) is 0 Å². The number of hydrogen-bond acceptors (Lipinski definition) is 5. The van der Waals surface area contributed by atoms with E-state index in [4.69, 9.17) is 15.3 Å². The molecule has 0 bridgehead atoms. The Morgan fingerprint density at radius 2 is 1.62 bits per heavy atom. The fourth-order valence-electron chi connectivity index (χ4n) is 2.11. The van der Waals surface area contributed by atoms with Crippen LogP contribution in [0.4, 0.5) is 0 Å². The zero-order valence-electron chi connectivity index (χ0n) is 15.0. The number of ether oxygens (including phenoxy) is 1. The van der Waals surface area contributed by atoms with Crippen molar-refractivity contribution in [3.63, 3.8) is 0 Å². The molecule has 0 spiro atoms. The highest BCUT2D eigenvalue weighted by Gasteiger charge is 2.04. The standard InChI is InChI=1S/C19H29N3O2/c1-3-4-5-6-7-8-9-10-14-24-19(23)17-22(2)13-11-12-18(15-20)16-21/h11-13H,3-10,14,17H2,1-2H3/b13-11+. The molecule has 0 amide bonds. The Hall–Kier alpha value is -2.27. The molecule has 132 valence electrons. The Morgan fingerprint density at radius 3 is 2.21 bits per heavy atom. The average molecular weight is 331 g/mol. The van der Waals surface area contributed by atoms with Gasteiger partial charge >= 0.3 is 5.97 Å². The summed E-state index contributed by atoms with van der Waals surface area (Å²) < 4.78 is 5.19. The van der Waals surface area contributed by atoms with Crippen LogP contribution in [0.25, 0.3) is 0 Å². The van der Waals surface area contributed by atoms with E-state index in [0.29, 0.717) is 6.61 Å². The van der Waals surface area contributed by atoms with Gasteiger partial charge in [0.15, 0.2) is 0 Å². The van der Waals surface area contributed by atoms with E-state index in [1.54, 1.807) is 36.4 Å². The Labute approximate surface area is 146 Å². The first-order chi connectivity index (χ1) is 11.6. The number of esters is 1. The zero-order chi connectivity index (χ0) is 18.0. The van der Waals surface area contributed by atoms with Crippen LogP contribution in [0, 0.1) is 22.7 Å². The van der Waals surface area contributed by atoms with Crippen LogP contribution in [0.1, 0.15) is 58.3 Å². The molecule has 0 aromatic carbocycles. The van der Waals surface area contributed by atoms with Gasteiger partial charge in [-0.2, -0.15) is 10.5 Å². The summed E-state index contributed by atoms with van der Waals surface area (Å²) >= 11 is 0. The van der Waals surface area contributed by atoms with E-state index in [0.717, 1.165) is 12.8 Å². The monoisotopic (exact) mass is 331 g/mol. The minimum atomic E-state index is -0.269. The van der Waals surface area contributed by atoms with Crippen molar-refractivity contribution in [2.75, 3.05) is 20.2 Å². The van der Waals surface area contributed by atoms with Crippen molar-refractivity contribution < 1.29 is 9.53 Å². The third kappa shape index (κ3) is 13.4. The van der Waals surface area contributed by atoms with E-state index in [1.165, 1.54) is 44.6 Å². The Kier molecular flexibility index (Phi) is 14.1. The van der Waals surface area contributed by atoms with Crippen LogP contribution in [0.15, 0.2) is 23.9 Å². The minimum Gasteiger partial charge on any atom is -0.464 e. The number of carbonyl (C=O) groups is 1. The third-order valence-electron chi connectivity index (χ3n) is 3.48. The second-order valence-electron chi connectivity index (χ2n) is 5.76. The maximum absolute atomic E-state index is 11.7. The SMILES string of the molecule is CCCCCCCCCCOC(=O)CN(C)/C=C/C=C(C#N)C#N. The van der Waals surface area contributed by atoms with Crippen molar-refractivity contribution in [1.29, 1.82) is 10.5 Å². The molecule has 0 rings (SSSR count). The van der Waals surface area contributed by atoms with Gasteiger partial charge < -0.3 is 9.64 Å². The van der Waals surface area contributed by atoms with Gasteiger partial charge in [-0.15, -0.1) is 0 Å². The number of carbonyl (C=O) groups excluding carboxylic acids is 1. The average Bonchev–Trinajstić information content (AvgIpc) is 2.57. The molecule has 5 heteroatoms. The highest BCUT2D eigenvalue weighted by Crippen LogP contribution is 2.08. The van der Waals surface area contributed by atoms with Crippen molar-refractivity contribution in [2.45, 2.75) is 58.3 Å². The third-order valence-corrected chi connectivity index (χ3v) is 3.48. The van der Waals surface area contributed by atoms with Crippen molar-refractivity contribution >= 4 is 5.97 Å². The molecule has 0 radical (unpaired) electrons. The van der Waals surface area contributed by atoms with Gasteiger partial charge in [-0.3, -0.25) is 4.79 Å². The molecule has 24 heavy (non-hydrogen) atoms. The molecule has 0 heterocycles. The fourth-order valence-corrected chi connectivity index (χ4v) is 2.11. The Bertz CT molecular complexity index is 468. The lowest BCUT2D eigenvalue weighted by Gasteiger charge is -2.12. The lowest BCUT2D eigenvalue weighted by molar-refractivity contribution is -0.144. The highest BCUT2D eigenvalue weighted by atomic mass is 16.5. The summed E-state index contributed by atoms with van der Waals surface area (Å²) in [5.74, 6) is -0.269. The zero-order valence-corrected chi connectivity index (χ0v) is 15.0. The lowest BCUT2D eigenvalue weighted by Crippen LogP contribution is -2.23. The van der Waals surface area contributed by atoms with E-state index in [-0.39, 0.29) is 18.1 Å². The van der Waals surface area contributed by atoms with Crippen LogP contribution >= 0.6 is 0 Å². The maximum Gasteiger partial charge on any atom is 0.325 e. The summed E-state index contributed by atoms with van der Waals surface area (Å²) in [5, 5.41) is 17.2. The summed E-state index contributed by atoms with van der Waals surface area (Å²) in [6.07, 6.45) is 14.3. The van der Waals surface area contributed by atoms with E-state index < -0.39 is 0 Å². The van der Waals surface area contributed by atoms with Crippen molar-refractivity contribution in [3.8, 4) is 12.1 Å². The molecule has 0 atom stereocenters. The summed E-state index contributed by atoms with van der Waals surface area (Å²) in [4.78, 5) is 13.3. The summed E-state index contributed by atoms with van der Waals surface area (Å²) in [5.41, 5.74) is 0.0249. The van der Waals surface area contributed by atoms with Crippen molar-refractivity contribution in [3.05, 3.63) is 23.9 Å². The second kappa shape index (κ2) is 15.6. The number of likely N-dealkylation sites (N-methyl/N-ethyl adjacent to an activating group) is 1. The number of unbranched alkanes of at least 4 members (excludes halogenated alkanes) is 7. The molecular formula is C19H29N3O2. The van der Waals surface area contributed by atoms with Gasteiger partial charge in [0.25, 0.3) is 0 Å². The molecule has 0 N–H and O–H groups in total. The molecule has 0 aliphatic heterocycles. The van der Waals surface area contributed by atoms with Crippen LogP contribution < -0.4 is 0 Å². The van der Waals surface area contributed by atoms with Crippen molar-refractivity contribution in [1.82, 2.24) is 4.90 Å². The van der Waals surface area contributed by atoms with E-state index in [9.17, 15) is 4.79 Å². The summed E-state index contributed by atoms with van der Waals surface area (Å²) in [7, 11) is 1.74. The molecule has 0 aliphatic rings. The molecule has 0 saturated heterocycles. The fraction of sp³-hybridized carbons (Fsp3) is 0.632. The molecular weight excluding hydrogens is 302 g/mol. The number of allylic oxidation sites excluding steroid dienone is 3. The predicted molar refractivity (Wildman–Crippen MR) is 94.6 cm³/mol. The highest BCUT2D eigenvalue weighted by molar-refractivity contribution is 5.71. The molecule has 0 aromatic rings. The minimum absolute atomic E-state index is 0.0249. The molecule has 0 aromatic heterocycles. The normalized spacial score (nSPS) is 10.0. The first-order valence-electron chi connectivity index (χ1n) is 8.68. The first-order valence-corrected chi connectivity index (χ1v) is 8.68. The van der Waals surface area contributed by atoms with Gasteiger partial charge in [0.1, 0.15) is 24.3 Å². The quantitative estimate of drug-likeness (QED) is 0.220. The molecule has 0 unspecified atom stereocenters. The van der Waals surface area contributed by atoms with Crippen LogP contribution in [0.2, 0.25) is 0 Å². The van der Waals surface area contributed by atoms with E-state index in [1.807, 2.05) is 0 Å². The topological polar surface area (TPSA) is 77.1 Å². The molecule has 0 fully saturated rings. The number of nitriles is 2. The maximum atomic E-state index is 11.7. The Morgan fingerprint density at radius 1 is 1.04 bits per heavy atom. The second-order valence-corrected chi connectivity index (χ2v) is 5.76. The van der Waals surface area contributed by atoms with Gasteiger partial charge in [-0.05, 0) is 24.8 Å². The Balaban J connectivity index is 3.69. The van der Waals surface area contributed by atoms with Crippen LogP contribution in [0.5, 0.6) is 0 Å². The van der Waals surface area contributed by atoms with Gasteiger partial charge in [0, 0.05) is 7.05 Å². The lowest BCUT2D eigenvalue weighted by atomic mass is 10.1. The summed E-state index contributed by atoms with van der Waals surface area (Å²) in [6.45, 7) is 2.84.